The maximum atomic E-state index is 10.7. The van der Waals surface area contributed by atoms with Crippen LogP contribution in [0.25, 0.3) is 0 Å². The molecule has 2 aliphatic heterocycles. The molecule has 0 aliphatic carbocycles. The minimum absolute atomic E-state index is 0.457. The number of β-amino-alcohol motifs (C(OH)–C–C–N with tert-alkyl or cyclic N) is 1. The quantitative estimate of drug-likeness (QED) is 0.856. The molecule has 18 heavy (non-hydrogen) atoms. The van der Waals surface area contributed by atoms with Gasteiger partial charge in [0, 0.05) is 24.0 Å². The van der Waals surface area contributed by atoms with E-state index >= 15 is 0 Å². The van der Waals surface area contributed by atoms with Gasteiger partial charge < -0.3 is 10.4 Å². The van der Waals surface area contributed by atoms with Gasteiger partial charge in [-0.05, 0) is 56.3 Å². The van der Waals surface area contributed by atoms with E-state index in [1.54, 1.807) is 0 Å². The highest BCUT2D eigenvalue weighted by molar-refractivity contribution is 7.10. The fraction of sp³-hybridized carbons (Fsp3) is 0.714. The second-order valence-electron chi connectivity index (χ2n) is 5.67. The van der Waals surface area contributed by atoms with E-state index in [2.05, 4.69) is 28.6 Å². The molecule has 1 saturated heterocycles. The highest BCUT2D eigenvalue weighted by atomic mass is 32.1. The van der Waals surface area contributed by atoms with Gasteiger partial charge >= 0.3 is 0 Å². The van der Waals surface area contributed by atoms with Gasteiger partial charge in [-0.1, -0.05) is 0 Å². The number of rotatable bonds is 2. The Morgan fingerprint density at radius 2 is 2.28 bits per heavy atom. The van der Waals surface area contributed by atoms with Gasteiger partial charge in [-0.2, -0.15) is 0 Å². The number of nitrogens with one attached hydrogen (secondary N) is 1. The first kappa shape index (κ1) is 12.6. The number of thiophene rings is 1. The summed E-state index contributed by atoms with van der Waals surface area (Å²) >= 11 is 1.88. The van der Waals surface area contributed by atoms with Crippen molar-refractivity contribution in [3.63, 3.8) is 0 Å². The summed E-state index contributed by atoms with van der Waals surface area (Å²) in [5.74, 6) is 0. The first-order valence-corrected chi connectivity index (χ1v) is 7.79. The van der Waals surface area contributed by atoms with Gasteiger partial charge in [-0.25, -0.2) is 0 Å². The molecule has 1 aromatic heterocycles. The zero-order valence-corrected chi connectivity index (χ0v) is 11.8. The minimum atomic E-state index is -0.479. The molecule has 1 atom stereocenters. The summed E-state index contributed by atoms with van der Waals surface area (Å²) in [6, 6.07) is 2.71. The molecule has 3 rings (SSSR count). The van der Waals surface area contributed by atoms with Crippen molar-refractivity contribution in [2.45, 2.75) is 37.8 Å². The summed E-state index contributed by atoms with van der Waals surface area (Å²) in [4.78, 5) is 4.00. The Balaban J connectivity index is 1.71. The van der Waals surface area contributed by atoms with Gasteiger partial charge in [0.1, 0.15) is 0 Å². The molecule has 3 nitrogen and oxygen atoms in total. The van der Waals surface area contributed by atoms with Gasteiger partial charge in [0.2, 0.25) is 0 Å². The van der Waals surface area contributed by atoms with Gasteiger partial charge in [-0.3, -0.25) is 4.90 Å². The predicted octanol–water partition coefficient (Wildman–Crippen LogP) is 1.78. The number of piperidine rings is 1. The normalized spacial score (nSPS) is 28.0. The van der Waals surface area contributed by atoms with E-state index in [0.717, 1.165) is 45.4 Å². The van der Waals surface area contributed by atoms with E-state index in [0.29, 0.717) is 6.04 Å². The summed E-state index contributed by atoms with van der Waals surface area (Å²) in [5, 5.41) is 16.2. The standard InChI is InChI=1S/C14H22N2OS/c1-11-12-3-9-18-13(12)2-8-16(11)10-14(17)4-6-15-7-5-14/h3,9,11,15,17H,2,4-8,10H2,1H3. The second kappa shape index (κ2) is 4.93. The molecule has 3 heterocycles. The third-order valence-corrected chi connectivity index (χ3v) is 5.43. The van der Waals surface area contributed by atoms with Crippen molar-refractivity contribution < 1.29 is 5.11 Å². The van der Waals surface area contributed by atoms with E-state index in [4.69, 9.17) is 0 Å². The second-order valence-corrected chi connectivity index (χ2v) is 6.67. The fourth-order valence-electron chi connectivity index (χ4n) is 3.21. The molecule has 1 aromatic rings. The summed E-state index contributed by atoms with van der Waals surface area (Å²) in [6.07, 6.45) is 2.91. The largest absolute Gasteiger partial charge is 0.388 e. The molecule has 0 bridgehead atoms. The smallest absolute Gasteiger partial charge is 0.0798 e. The number of nitrogens with zero attached hydrogens (tertiary/aromatic N) is 1. The third-order valence-electron chi connectivity index (χ3n) is 4.44. The summed E-state index contributed by atoms with van der Waals surface area (Å²) < 4.78 is 0. The Hall–Kier alpha value is -0.420. The average Bonchev–Trinajstić information content (AvgIpc) is 2.83. The highest BCUT2D eigenvalue weighted by Crippen LogP contribution is 2.34. The Morgan fingerprint density at radius 3 is 3.06 bits per heavy atom. The lowest BCUT2D eigenvalue weighted by Crippen LogP contribution is -2.51. The van der Waals surface area contributed by atoms with Crippen LogP contribution in [0.2, 0.25) is 0 Å². The van der Waals surface area contributed by atoms with Crippen molar-refractivity contribution in [2.24, 2.45) is 0 Å². The fourth-order valence-corrected chi connectivity index (χ4v) is 4.17. The van der Waals surface area contributed by atoms with E-state index < -0.39 is 5.60 Å². The lowest BCUT2D eigenvalue weighted by molar-refractivity contribution is -0.0311. The van der Waals surface area contributed by atoms with Crippen LogP contribution in [0, 0.1) is 0 Å². The number of hydrogen-bond acceptors (Lipinski definition) is 4. The predicted molar refractivity (Wildman–Crippen MR) is 75.1 cm³/mol. The monoisotopic (exact) mass is 266 g/mol. The van der Waals surface area contributed by atoms with E-state index in [9.17, 15) is 5.11 Å². The average molecular weight is 266 g/mol. The molecule has 4 heteroatoms. The minimum Gasteiger partial charge on any atom is -0.388 e. The molecule has 2 aliphatic rings. The SMILES string of the molecule is CC1c2ccsc2CCN1CC1(O)CCNCC1. The van der Waals surface area contributed by atoms with Crippen molar-refractivity contribution in [2.75, 3.05) is 26.2 Å². The Morgan fingerprint density at radius 1 is 1.50 bits per heavy atom. The van der Waals surface area contributed by atoms with E-state index in [1.807, 2.05) is 11.3 Å². The summed E-state index contributed by atoms with van der Waals surface area (Å²) in [5.41, 5.74) is 0.997. The van der Waals surface area contributed by atoms with Crippen LogP contribution in [0.3, 0.4) is 0 Å². The maximum Gasteiger partial charge on any atom is 0.0798 e. The highest BCUT2D eigenvalue weighted by Gasteiger charge is 2.34. The summed E-state index contributed by atoms with van der Waals surface area (Å²) in [7, 11) is 0. The molecule has 100 valence electrons. The van der Waals surface area contributed by atoms with Gasteiger partial charge in [0.05, 0.1) is 5.60 Å². The topological polar surface area (TPSA) is 35.5 Å². The Kier molecular flexibility index (Phi) is 3.45. The Labute approximate surface area is 113 Å². The van der Waals surface area contributed by atoms with Crippen molar-refractivity contribution in [3.8, 4) is 0 Å². The van der Waals surface area contributed by atoms with E-state index in [1.165, 1.54) is 10.4 Å². The van der Waals surface area contributed by atoms with Crippen LogP contribution in [-0.4, -0.2) is 41.8 Å². The van der Waals surface area contributed by atoms with Gasteiger partial charge in [0.15, 0.2) is 0 Å². The molecule has 1 fully saturated rings. The zero-order valence-electron chi connectivity index (χ0n) is 11.0. The lowest BCUT2D eigenvalue weighted by atomic mass is 9.90. The lowest BCUT2D eigenvalue weighted by Gasteiger charge is -2.41. The first-order valence-electron chi connectivity index (χ1n) is 6.91. The van der Waals surface area contributed by atoms with Gasteiger partial charge in [0.25, 0.3) is 0 Å². The maximum absolute atomic E-state index is 10.7. The number of aliphatic hydroxyl groups is 1. The van der Waals surface area contributed by atoms with Crippen LogP contribution in [0.1, 0.15) is 36.2 Å². The van der Waals surface area contributed by atoms with Crippen molar-refractivity contribution in [3.05, 3.63) is 21.9 Å². The Bertz CT molecular complexity index is 412. The van der Waals surface area contributed by atoms with E-state index in [-0.39, 0.29) is 0 Å². The summed E-state index contributed by atoms with van der Waals surface area (Å²) in [6.45, 7) is 6.08. The molecule has 1 unspecified atom stereocenters. The number of hydrogen-bond donors (Lipinski definition) is 2. The molecule has 0 spiro atoms. The zero-order chi connectivity index (χ0) is 12.6. The van der Waals surface area contributed by atoms with Crippen molar-refractivity contribution in [1.29, 1.82) is 0 Å². The van der Waals surface area contributed by atoms with Crippen LogP contribution >= 0.6 is 11.3 Å². The molecule has 0 radical (unpaired) electrons. The molecule has 2 N–H and O–H groups in total. The van der Waals surface area contributed by atoms with Crippen LogP contribution in [-0.2, 0) is 6.42 Å². The number of fused-ring (bicyclic) bond motifs is 1. The van der Waals surface area contributed by atoms with Crippen LogP contribution in [0.15, 0.2) is 11.4 Å². The first-order chi connectivity index (χ1) is 8.68. The molecular weight excluding hydrogens is 244 g/mol. The molecule has 0 aromatic carbocycles. The van der Waals surface area contributed by atoms with Crippen LogP contribution in [0.5, 0.6) is 0 Å². The molecule has 0 amide bonds. The van der Waals surface area contributed by atoms with Crippen molar-refractivity contribution >= 4 is 11.3 Å². The van der Waals surface area contributed by atoms with Crippen LogP contribution in [0.4, 0.5) is 0 Å². The molecule has 0 saturated carbocycles. The molecular formula is C14H22N2OS. The van der Waals surface area contributed by atoms with Crippen LogP contribution < -0.4 is 5.32 Å². The van der Waals surface area contributed by atoms with Gasteiger partial charge in [-0.15, -0.1) is 11.3 Å². The van der Waals surface area contributed by atoms with Crippen molar-refractivity contribution in [1.82, 2.24) is 10.2 Å². The third kappa shape index (κ3) is 2.35.